The Kier molecular flexibility index (Phi) is 6.08. The molecule has 0 spiro atoms. The molecule has 0 bridgehead atoms. The Hall–Kier alpha value is 0.350. The molecule has 0 aromatic rings. The van der Waals surface area contributed by atoms with Crippen molar-refractivity contribution in [3.63, 3.8) is 0 Å². The van der Waals surface area contributed by atoms with E-state index in [1.54, 1.807) is 0 Å². The molecule has 0 radical (unpaired) electrons. The van der Waals surface area contributed by atoms with Crippen LogP contribution >= 0.6 is 7.92 Å². The number of hydrogen-bond donors (Lipinski definition) is 0. The second kappa shape index (κ2) is 5.90. The Balaban J connectivity index is 4.26. The maximum atomic E-state index is 2.33. The summed E-state index contributed by atoms with van der Waals surface area (Å²) in [7, 11) is 8.84. The van der Waals surface area contributed by atoms with Crippen molar-refractivity contribution in [2.24, 2.45) is 0 Å². The lowest BCUT2D eigenvalue weighted by Gasteiger charge is -2.36. The minimum absolute atomic E-state index is 0.153. The molecular formula is C9H23N2P. The van der Waals surface area contributed by atoms with Gasteiger partial charge in [-0.05, 0) is 40.5 Å². The first-order valence-corrected chi connectivity index (χ1v) is 6.39. The summed E-state index contributed by atoms with van der Waals surface area (Å²) in [5.41, 5.74) is 0. The van der Waals surface area contributed by atoms with Gasteiger partial charge in [-0.1, -0.05) is 21.8 Å². The Morgan fingerprint density at radius 1 is 0.917 bits per heavy atom. The van der Waals surface area contributed by atoms with Gasteiger partial charge < -0.3 is 0 Å². The zero-order valence-corrected chi connectivity index (χ0v) is 10.2. The minimum atomic E-state index is 0.153. The lowest BCUT2D eigenvalue weighted by Crippen LogP contribution is -2.39. The summed E-state index contributed by atoms with van der Waals surface area (Å²) < 4.78 is 0. The van der Waals surface area contributed by atoms with Crippen LogP contribution in [0.1, 0.15) is 13.8 Å². The van der Waals surface area contributed by atoms with Crippen LogP contribution in [0.2, 0.25) is 0 Å². The number of hydrogen-bond acceptors (Lipinski definition) is 2. The van der Waals surface area contributed by atoms with Gasteiger partial charge in [-0.3, -0.25) is 9.80 Å². The Bertz CT molecular complexity index is 103. The van der Waals surface area contributed by atoms with Gasteiger partial charge in [-0.15, -0.1) is 0 Å². The first-order chi connectivity index (χ1) is 5.54. The van der Waals surface area contributed by atoms with Crippen LogP contribution in [0.5, 0.6) is 0 Å². The zero-order valence-electron chi connectivity index (χ0n) is 9.33. The normalized spacial score (nSPS) is 12.5. The van der Waals surface area contributed by atoms with Crippen LogP contribution in [0.25, 0.3) is 0 Å². The van der Waals surface area contributed by atoms with Gasteiger partial charge in [0.25, 0.3) is 0 Å². The lowest BCUT2D eigenvalue weighted by molar-refractivity contribution is 0.205. The van der Waals surface area contributed by atoms with Crippen LogP contribution in [-0.4, -0.2) is 56.2 Å². The predicted molar refractivity (Wildman–Crippen MR) is 59.2 cm³/mol. The smallest absolute Gasteiger partial charge is 0.0812 e. The van der Waals surface area contributed by atoms with Crippen LogP contribution in [0.15, 0.2) is 0 Å². The van der Waals surface area contributed by atoms with Gasteiger partial charge in [-0.25, -0.2) is 0 Å². The van der Waals surface area contributed by atoms with Crippen molar-refractivity contribution in [3.05, 3.63) is 0 Å². The molecule has 0 unspecified atom stereocenters. The van der Waals surface area contributed by atoms with E-state index in [4.69, 9.17) is 0 Å². The summed E-state index contributed by atoms with van der Waals surface area (Å²) in [6.45, 7) is 4.60. The van der Waals surface area contributed by atoms with Crippen molar-refractivity contribution in [1.29, 1.82) is 0 Å². The number of nitrogens with zero attached hydrogens (tertiary/aromatic N) is 2. The van der Waals surface area contributed by atoms with Gasteiger partial charge in [-0.2, -0.15) is 0 Å². The van der Waals surface area contributed by atoms with Gasteiger partial charge >= 0.3 is 0 Å². The van der Waals surface area contributed by atoms with Gasteiger partial charge in [0.05, 0.1) is 5.91 Å². The van der Waals surface area contributed by atoms with E-state index in [0.717, 1.165) is 0 Å². The van der Waals surface area contributed by atoms with Crippen molar-refractivity contribution in [1.82, 2.24) is 9.80 Å². The van der Waals surface area contributed by atoms with Gasteiger partial charge in [0.1, 0.15) is 0 Å². The maximum absolute atomic E-state index is 2.33. The Morgan fingerprint density at radius 2 is 1.25 bits per heavy atom. The van der Waals surface area contributed by atoms with E-state index in [2.05, 4.69) is 51.8 Å². The third kappa shape index (κ3) is 3.38. The quantitative estimate of drug-likeness (QED) is 0.482. The van der Waals surface area contributed by atoms with E-state index in [-0.39, 0.29) is 7.92 Å². The monoisotopic (exact) mass is 190 g/mol. The molecule has 0 aromatic heterocycles. The fourth-order valence-electron chi connectivity index (χ4n) is 1.67. The van der Waals surface area contributed by atoms with Crippen LogP contribution in [0, 0.1) is 0 Å². The largest absolute Gasteiger partial charge is 0.291 e. The van der Waals surface area contributed by atoms with E-state index in [1.807, 2.05) is 0 Å². The minimum Gasteiger partial charge on any atom is -0.291 e. The molecule has 0 heterocycles. The van der Waals surface area contributed by atoms with Crippen molar-refractivity contribution in [2.45, 2.75) is 19.8 Å². The molecule has 0 saturated carbocycles. The Morgan fingerprint density at radius 3 is 1.33 bits per heavy atom. The van der Waals surface area contributed by atoms with Crippen LogP contribution in [0.4, 0.5) is 0 Å². The summed E-state index contributed by atoms with van der Waals surface area (Å²) in [6, 6.07) is 0. The summed E-state index contributed by atoms with van der Waals surface area (Å²) in [6.07, 6.45) is 2.65. The SMILES string of the molecule is CCP(CC)C(N(C)C)N(C)C. The molecule has 0 atom stereocenters. The molecule has 0 fully saturated rings. The fraction of sp³-hybridized carbons (Fsp3) is 1.00. The molecule has 0 N–H and O–H groups in total. The van der Waals surface area contributed by atoms with Crippen molar-refractivity contribution < 1.29 is 0 Å². The lowest BCUT2D eigenvalue weighted by atomic mass is 10.8. The van der Waals surface area contributed by atoms with Crippen LogP contribution < -0.4 is 0 Å². The first kappa shape index (κ1) is 12.3. The highest BCUT2D eigenvalue weighted by atomic mass is 31.1. The summed E-state index contributed by atoms with van der Waals surface area (Å²) in [5.74, 6) is 0.648. The molecule has 12 heavy (non-hydrogen) atoms. The van der Waals surface area contributed by atoms with Crippen molar-refractivity contribution in [3.8, 4) is 0 Å². The molecule has 0 aliphatic rings. The van der Waals surface area contributed by atoms with E-state index >= 15 is 0 Å². The molecular weight excluding hydrogens is 167 g/mol. The average molecular weight is 190 g/mol. The summed E-state index contributed by atoms with van der Waals surface area (Å²) >= 11 is 0. The predicted octanol–water partition coefficient (Wildman–Crippen LogP) is 1.91. The van der Waals surface area contributed by atoms with Gasteiger partial charge in [0.15, 0.2) is 0 Å². The highest BCUT2D eigenvalue weighted by molar-refractivity contribution is 7.58. The van der Waals surface area contributed by atoms with Crippen molar-refractivity contribution in [2.75, 3.05) is 40.5 Å². The molecule has 2 nitrogen and oxygen atoms in total. The fourth-order valence-corrected chi connectivity index (χ4v) is 4.07. The second-order valence-corrected chi connectivity index (χ2v) is 6.40. The van der Waals surface area contributed by atoms with Gasteiger partial charge in [0.2, 0.25) is 0 Å². The van der Waals surface area contributed by atoms with E-state index in [9.17, 15) is 0 Å². The number of rotatable bonds is 5. The summed E-state index contributed by atoms with van der Waals surface area (Å²) in [4.78, 5) is 4.66. The molecule has 74 valence electrons. The molecule has 0 rings (SSSR count). The van der Waals surface area contributed by atoms with Crippen LogP contribution in [-0.2, 0) is 0 Å². The molecule has 0 aliphatic carbocycles. The molecule has 0 aromatic carbocycles. The molecule has 0 saturated heterocycles. The second-order valence-electron chi connectivity index (χ2n) is 3.49. The zero-order chi connectivity index (χ0) is 9.72. The summed E-state index contributed by atoms with van der Waals surface area (Å²) in [5, 5.41) is 0. The van der Waals surface area contributed by atoms with Gasteiger partial charge in [0, 0.05) is 0 Å². The molecule has 0 aliphatic heterocycles. The van der Waals surface area contributed by atoms with E-state index in [1.165, 1.54) is 12.3 Å². The standard InChI is InChI=1S/C9H23N2P/c1-7-12(8-2)9(10(3)4)11(5)6/h9H,7-8H2,1-6H3. The third-order valence-electron chi connectivity index (χ3n) is 2.06. The van der Waals surface area contributed by atoms with E-state index in [0.29, 0.717) is 5.91 Å². The molecule has 0 amide bonds. The maximum Gasteiger partial charge on any atom is 0.0812 e. The van der Waals surface area contributed by atoms with E-state index < -0.39 is 0 Å². The molecule has 3 heteroatoms. The van der Waals surface area contributed by atoms with Crippen molar-refractivity contribution >= 4 is 7.92 Å². The highest BCUT2D eigenvalue weighted by Crippen LogP contribution is 2.41. The topological polar surface area (TPSA) is 6.48 Å². The average Bonchev–Trinajstić information content (AvgIpc) is 1.98. The first-order valence-electron chi connectivity index (χ1n) is 4.61. The third-order valence-corrected chi connectivity index (χ3v) is 5.26. The highest BCUT2D eigenvalue weighted by Gasteiger charge is 2.21. The van der Waals surface area contributed by atoms with Crippen LogP contribution in [0.3, 0.4) is 0 Å². The Labute approximate surface area is 78.7 Å².